The van der Waals surface area contributed by atoms with Gasteiger partial charge in [0.15, 0.2) is 0 Å². The molecular formula is C10H7BrClN3. The zero-order chi connectivity index (χ0) is 10.7. The summed E-state index contributed by atoms with van der Waals surface area (Å²) in [6.07, 6.45) is 5.82. The predicted octanol–water partition coefficient (Wildman–Crippen LogP) is 2.88. The van der Waals surface area contributed by atoms with E-state index in [0.29, 0.717) is 21.9 Å². The van der Waals surface area contributed by atoms with Gasteiger partial charge in [-0.3, -0.25) is 4.98 Å². The summed E-state index contributed by atoms with van der Waals surface area (Å²) in [6.45, 7) is 0. The van der Waals surface area contributed by atoms with Gasteiger partial charge in [-0.05, 0) is 27.6 Å². The molecule has 0 saturated carbocycles. The van der Waals surface area contributed by atoms with Crippen LogP contribution < -0.4 is 0 Å². The maximum Gasteiger partial charge on any atom is 0.146 e. The lowest BCUT2D eigenvalue weighted by Gasteiger charge is -2.01. The lowest BCUT2D eigenvalue weighted by molar-refractivity contribution is 0.956. The zero-order valence-corrected chi connectivity index (χ0v) is 10.0. The average molecular weight is 285 g/mol. The molecule has 0 N–H and O–H groups in total. The van der Waals surface area contributed by atoms with Crippen molar-refractivity contribution in [1.82, 2.24) is 15.0 Å². The molecular weight excluding hydrogens is 277 g/mol. The van der Waals surface area contributed by atoms with Crippen molar-refractivity contribution < 1.29 is 0 Å². The van der Waals surface area contributed by atoms with Crippen molar-refractivity contribution in [3.63, 3.8) is 0 Å². The maximum absolute atomic E-state index is 5.87. The molecule has 5 heteroatoms. The molecule has 0 aromatic carbocycles. The van der Waals surface area contributed by atoms with E-state index in [1.54, 1.807) is 18.6 Å². The third kappa shape index (κ3) is 2.73. The van der Waals surface area contributed by atoms with Crippen LogP contribution in [-0.4, -0.2) is 15.0 Å². The topological polar surface area (TPSA) is 38.7 Å². The van der Waals surface area contributed by atoms with Gasteiger partial charge in [0.05, 0.1) is 4.47 Å². The smallest absolute Gasteiger partial charge is 0.146 e. The molecule has 0 saturated heterocycles. The molecule has 0 aliphatic carbocycles. The van der Waals surface area contributed by atoms with Gasteiger partial charge in [0.1, 0.15) is 11.0 Å². The number of pyridine rings is 1. The van der Waals surface area contributed by atoms with Crippen molar-refractivity contribution in [1.29, 1.82) is 0 Å². The van der Waals surface area contributed by atoms with E-state index in [1.807, 2.05) is 12.1 Å². The van der Waals surface area contributed by atoms with Crippen LogP contribution in [-0.2, 0) is 6.42 Å². The summed E-state index contributed by atoms with van der Waals surface area (Å²) in [5, 5.41) is 0.434. The molecule has 0 unspecified atom stereocenters. The summed E-state index contributed by atoms with van der Waals surface area (Å²) in [5.41, 5.74) is 1.07. The Morgan fingerprint density at radius 2 is 2.20 bits per heavy atom. The zero-order valence-electron chi connectivity index (χ0n) is 7.69. The summed E-state index contributed by atoms with van der Waals surface area (Å²) in [6, 6.07) is 3.86. The fourth-order valence-corrected chi connectivity index (χ4v) is 1.49. The van der Waals surface area contributed by atoms with E-state index in [2.05, 4.69) is 30.9 Å². The van der Waals surface area contributed by atoms with Gasteiger partial charge < -0.3 is 0 Å². The van der Waals surface area contributed by atoms with Crippen LogP contribution in [0.25, 0.3) is 0 Å². The molecule has 2 rings (SSSR count). The Kier molecular flexibility index (Phi) is 3.28. The number of nitrogens with zero attached hydrogens (tertiary/aromatic N) is 3. The van der Waals surface area contributed by atoms with Crippen LogP contribution in [0.4, 0.5) is 0 Å². The monoisotopic (exact) mass is 283 g/mol. The van der Waals surface area contributed by atoms with E-state index in [-0.39, 0.29) is 0 Å². The summed E-state index contributed by atoms with van der Waals surface area (Å²) in [5.74, 6) is 0.691. The standard InChI is InChI=1S/C10H7BrClN3/c11-8-6-14-9(15-10(8)12)4-7-2-1-3-13-5-7/h1-3,5-6H,4H2. The van der Waals surface area contributed by atoms with Gasteiger partial charge in [0, 0.05) is 25.0 Å². The Labute approximate surface area is 101 Å². The number of halogens is 2. The van der Waals surface area contributed by atoms with Crippen LogP contribution in [0, 0.1) is 0 Å². The first-order chi connectivity index (χ1) is 7.25. The molecule has 76 valence electrons. The van der Waals surface area contributed by atoms with E-state index >= 15 is 0 Å². The van der Waals surface area contributed by atoms with Crippen LogP contribution >= 0.6 is 27.5 Å². The largest absolute Gasteiger partial charge is 0.264 e. The van der Waals surface area contributed by atoms with Gasteiger partial charge in [-0.1, -0.05) is 17.7 Å². The SMILES string of the molecule is Clc1nc(Cc2cccnc2)ncc1Br. The molecule has 0 bridgehead atoms. The minimum atomic E-state index is 0.434. The fourth-order valence-electron chi connectivity index (χ4n) is 1.15. The van der Waals surface area contributed by atoms with Crippen LogP contribution in [0.3, 0.4) is 0 Å². The van der Waals surface area contributed by atoms with Crippen LogP contribution in [0.15, 0.2) is 35.2 Å². The molecule has 0 atom stereocenters. The van der Waals surface area contributed by atoms with E-state index in [1.165, 1.54) is 0 Å². The normalized spacial score (nSPS) is 10.3. The first kappa shape index (κ1) is 10.5. The van der Waals surface area contributed by atoms with Gasteiger partial charge in [0.2, 0.25) is 0 Å². The number of hydrogen-bond acceptors (Lipinski definition) is 3. The Hall–Kier alpha value is -1.00. The second-order valence-corrected chi connectivity index (χ2v) is 4.18. The lowest BCUT2D eigenvalue weighted by atomic mass is 10.2. The Bertz CT molecular complexity index is 461. The second-order valence-electron chi connectivity index (χ2n) is 2.96. The highest BCUT2D eigenvalue weighted by Crippen LogP contribution is 2.18. The summed E-state index contributed by atoms with van der Waals surface area (Å²) < 4.78 is 0.708. The van der Waals surface area contributed by atoms with E-state index in [4.69, 9.17) is 11.6 Å². The van der Waals surface area contributed by atoms with Crippen molar-refractivity contribution in [2.75, 3.05) is 0 Å². The summed E-state index contributed by atoms with van der Waals surface area (Å²) in [4.78, 5) is 12.3. The molecule has 0 spiro atoms. The highest BCUT2D eigenvalue weighted by molar-refractivity contribution is 9.10. The minimum Gasteiger partial charge on any atom is -0.264 e. The highest BCUT2D eigenvalue weighted by Gasteiger charge is 2.03. The molecule has 0 fully saturated rings. The van der Waals surface area contributed by atoms with Gasteiger partial charge in [-0.15, -0.1) is 0 Å². The van der Waals surface area contributed by atoms with Gasteiger partial charge in [0.25, 0.3) is 0 Å². The minimum absolute atomic E-state index is 0.434. The van der Waals surface area contributed by atoms with Crippen molar-refractivity contribution in [2.24, 2.45) is 0 Å². The molecule has 0 aliphatic heterocycles. The van der Waals surface area contributed by atoms with Gasteiger partial charge in [-0.25, -0.2) is 9.97 Å². The van der Waals surface area contributed by atoms with Crippen molar-refractivity contribution >= 4 is 27.5 Å². The number of rotatable bonds is 2. The first-order valence-corrected chi connectivity index (χ1v) is 5.48. The molecule has 15 heavy (non-hydrogen) atoms. The van der Waals surface area contributed by atoms with Crippen LogP contribution in [0.5, 0.6) is 0 Å². The van der Waals surface area contributed by atoms with Crippen LogP contribution in [0.1, 0.15) is 11.4 Å². The molecule has 3 nitrogen and oxygen atoms in total. The maximum atomic E-state index is 5.87. The summed E-state index contributed by atoms with van der Waals surface area (Å²) >= 11 is 9.11. The molecule has 0 aliphatic rings. The quantitative estimate of drug-likeness (QED) is 0.796. The lowest BCUT2D eigenvalue weighted by Crippen LogP contribution is -1.97. The van der Waals surface area contributed by atoms with Crippen molar-refractivity contribution in [2.45, 2.75) is 6.42 Å². The Morgan fingerprint density at radius 1 is 1.33 bits per heavy atom. The van der Waals surface area contributed by atoms with Crippen molar-refractivity contribution in [3.05, 3.63) is 51.7 Å². The van der Waals surface area contributed by atoms with Gasteiger partial charge >= 0.3 is 0 Å². The van der Waals surface area contributed by atoms with E-state index in [9.17, 15) is 0 Å². The Balaban J connectivity index is 2.22. The fraction of sp³-hybridized carbons (Fsp3) is 0.100. The first-order valence-electron chi connectivity index (χ1n) is 4.31. The second kappa shape index (κ2) is 4.68. The predicted molar refractivity (Wildman–Crippen MR) is 61.8 cm³/mol. The van der Waals surface area contributed by atoms with E-state index < -0.39 is 0 Å². The molecule has 2 heterocycles. The third-order valence-electron chi connectivity index (χ3n) is 1.84. The third-order valence-corrected chi connectivity index (χ3v) is 2.93. The van der Waals surface area contributed by atoms with Crippen molar-refractivity contribution in [3.8, 4) is 0 Å². The highest BCUT2D eigenvalue weighted by atomic mass is 79.9. The molecule has 0 radical (unpaired) electrons. The average Bonchev–Trinajstić information content (AvgIpc) is 2.25. The van der Waals surface area contributed by atoms with Gasteiger partial charge in [-0.2, -0.15) is 0 Å². The molecule has 2 aromatic heterocycles. The van der Waals surface area contributed by atoms with E-state index in [0.717, 1.165) is 5.56 Å². The summed E-state index contributed by atoms with van der Waals surface area (Å²) in [7, 11) is 0. The Morgan fingerprint density at radius 3 is 2.87 bits per heavy atom. The number of aromatic nitrogens is 3. The van der Waals surface area contributed by atoms with Crippen LogP contribution in [0.2, 0.25) is 5.15 Å². The number of hydrogen-bond donors (Lipinski definition) is 0. The molecule has 2 aromatic rings. The molecule has 0 amide bonds.